The van der Waals surface area contributed by atoms with Crippen molar-refractivity contribution in [1.82, 2.24) is 4.98 Å². The van der Waals surface area contributed by atoms with Gasteiger partial charge in [0.2, 0.25) is 0 Å². The summed E-state index contributed by atoms with van der Waals surface area (Å²) in [6.07, 6.45) is 9.58. The lowest BCUT2D eigenvalue weighted by Gasteiger charge is -2.19. The zero-order valence-electron chi connectivity index (χ0n) is 10.1. The molecule has 0 aliphatic heterocycles. The van der Waals surface area contributed by atoms with Crippen molar-refractivity contribution in [3.63, 3.8) is 0 Å². The Bertz CT molecular complexity index is 480. The first-order chi connectivity index (χ1) is 8.43. The van der Waals surface area contributed by atoms with Gasteiger partial charge in [-0.3, -0.25) is 0 Å². The first-order valence-corrected chi connectivity index (χ1v) is 7.50. The van der Waals surface area contributed by atoms with Crippen molar-refractivity contribution in [1.29, 1.82) is 0 Å². The molecular weight excluding hydrogens is 226 g/mol. The second-order valence-electron chi connectivity index (χ2n) is 4.91. The third-order valence-corrected chi connectivity index (χ3v) is 4.49. The fourth-order valence-corrected chi connectivity index (χ4v) is 3.41. The van der Waals surface area contributed by atoms with Gasteiger partial charge in [-0.25, -0.2) is 4.98 Å². The summed E-state index contributed by atoms with van der Waals surface area (Å²) < 4.78 is 1.33. The fraction of sp³-hybridized carbons (Fsp3) is 0.467. The maximum atomic E-state index is 4.35. The maximum Gasteiger partial charge on any atom is 0.0812 e. The van der Waals surface area contributed by atoms with E-state index in [1.165, 1.54) is 55.2 Å². The molecule has 1 nitrogen and oxygen atoms in total. The zero-order valence-corrected chi connectivity index (χ0v) is 10.9. The van der Waals surface area contributed by atoms with E-state index in [2.05, 4.69) is 23.2 Å². The standard InChI is InChI=1S/C15H18NS/c1-2-4-6-12(7-5-3-1)13-8-9-14-15(10-13)17-11-16-14/h8-11H,1-7H2. The molecule has 0 saturated heterocycles. The van der Waals surface area contributed by atoms with Crippen LogP contribution in [-0.4, -0.2) is 4.98 Å². The summed E-state index contributed by atoms with van der Waals surface area (Å²) in [5.41, 5.74) is 4.55. The lowest BCUT2D eigenvalue weighted by atomic mass is 9.86. The minimum absolute atomic E-state index is 1.14. The van der Waals surface area contributed by atoms with Gasteiger partial charge in [0, 0.05) is 5.92 Å². The molecule has 2 heteroatoms. The van der Waals surface area contributed by atoms with Gasteiger partial charge in [0.1, 0.15) is 0 Å². The largest absolute Gasteiger partial charge is 0.245 e. The van der Waals surface area contributed by atoms with Gasteiger partial charge in [-0.05, 0) is 30.5 Å². The maximum absolute atomic E-state index is 4.35. The smallest absolute Gasteiger partial charge is 0.0812 e. The van der Waals surface area contributed by atoms with Crippen molar-refractivity contribution in [2.45, 2.75) is 44.9 Å². The molecule has 0 amide bonds. The Hall–Kier alpha value is -0.890. The van der Waals surface area contributed by atoms with Crippen molar-refractivity contribution >= 4 is 21.6 Å². The van der Waals surface area contributed by atoms with Crippen molar-refractivity contribution in [2.75, 3.05) is 0 Å². The average Bonchev–Trinajstić information content (AvgIpc) is 2.75. The van der Waals surface area contributed by atoms with Crippen LogP contribution < -0.4 is 0 Å². The molecule has 0 atom stereocenters. The Morgan fingerprint density at radius 3 is 2.53 bits per heavy atom. The molecule has 1 fully saturated rings. The molecule has 0 N–H and O–H groups in total. The molecule has 1 aliphatic rings. The summed E-state index contributed by atoms with van der Waals surface area (Å²) >= 11 is 1.75. The Labute approximate surface area is 107 Å². The van der Waals surface area contributed by atoms with Crippen molar-refractivity contribution in [3.05, 3.63) is 35.2 Å². The minimum Gasteiger partial charge on any atom is -0.245 e. The minimum atomic E-state index is 1.14. The van der Waals surface area contributed by atoms with Crippen LogP contribution in [0.1, 0.15) is 50.5 Å². The Kier molecular flexibility index (Phi) is 3.41. The molecule has 1 saturated carbocycles. The van der Waals surface area contributed by atoms with E-state index < -0.39 is 0 Å². The molecule has 0 unspecified atom stereocenters. The van der Waals surface area contributed by atoms with Crippen LogP contribution in [0.5, 0.6) is 0 Å². The van der Waals surface area contributed by atoms with Crippen LogP contribution in [-0.2, 0) is 0 Å². The third-order valence-electron chi connectivity index (χ3n) is 3.70. The second kappa shape index (κ2) is 5.18. The third kappa shape index (κ3) is 2.52. The number of benzene rings is 1. The summed E-state index contributed by atoms with van der Waals surface area (Å²) in [5, 5.41) is 0. The highest BCUT2D eigenvalue weighted by Gasteiger charge is 2.14. The molecule has 17 heavy (non-hydrogen) atoms. The van der Waals surface area contributed by atoms with Gasteiger partial charge in [0.25, 0.3) is 0 Å². The van der Waals surface area contributed by atoms with Crippen LogP contribution >= 0.6 is 11.3 Å². The Morgan fingerprint density at radius 2 is 1.71 bits per heavy atom. The molecule has 1 aromatic heterocycles. The number of hydrogen-bond donors (Lipinski definition) is 0. The highest BCUT2D eigenvalue weighted by Crippen LogP contribution is 2.32. The topological polar surface area (TPSA) is 12.9 Å². The van der Waals surface area contributed by atoms with Gasteiger partial charge in [0.05, 0.1) is 15.7 Å². The van der Waals surface area contributed by atoms with Gasteiger partial charge in [-0.1, -0.05) is 38.2 Å². The summed E-state index contributed by atoms with van der Waals surface area (Å²) in [4.78, 5) is 4.35. The number of rotatable bonds is 1. The van der Waals surface area contributed by atoms with E-state index in [-0.39, 0.29) is 0 Å². The van der Waals surface area contributed by atoms with Gasteiger partial charge in [-0.2, -0.15) is 0 Å². The molecule has 1 heterocycles. The quantitative estimate of drug-likeness (QED) is 0.690. The molecule has 0 bridgehead atoms. The number of nitrogens with zero attached hydrogens (tertiary/aromatic N) is 1. The van der Waals surface area contributed by atoms with E-state index in [9.17, 15) is 0 Å². The summed E-state index contributed by atoms with van der Waals surface area (Å²) in [6, 6.07) is 6.77. The van der Waals surface area contributed by atoms with Gasteiger partial charge < -0.3 is 0 Å². The number of fused-ring (bicyclic) bond motifs is 1. The Balaban J connectivity index is 1.84. The molecule has 89 valence electrons. The summed E-state index contributed by atoms with van der Waals surface area (Å²) in [7, 11) is 0. The van der Waals surface area contributed by atoms with Crippen LogP contribution in [0, 0.1) is 5.92 Å². The summed E-state index contributed by atoms with van der Waals surface area (Å²) in [6.45, 7) is 0. The van der Waals surface area contributed by atoms with Crippen LogP contribution in [0.4, 0.5) is 0 Å². The monoisotopic (exact) mass is 244 g/mol. The number of hydrogen-bond acceptors (Lipinski definition) is 2. The first kappa shape index (κ1) is 11.2. The van der Waals surface area contributed by atoms with Crippen molar-refractivity contribution in [2.24, 2.45) is 0 Å². The molecule has 0 spiro atoms. The average molecular weight is 244 g/mol. The molecule has 2 aromatic rings. The molecular formula is C15H18NS. The SMILES string of the molecule is c1nc2ccc([C]3CCCCCCC3)cc2s1. The lowest BCUT2D eigenvalue weighted by Crippen LogP contribution is -2.03. The predicted octanol–water partition coefficient (Wildman–Crippen LogP) is 4.96. The first-order valence-electron chi connectivity index (χ1n) is 6.62. The van der Waals surface area contributed by atoms with Gasteiger partial charge >= 0.3 is 0 Å². The van der Waals surface area contributed by atoms with Crippen molar-refractivity contribution in [3.8, 4) is 0 Å². The fourth-order valence-electron chi connectivity index (χ4n) is 2.70. The highest BCUT2D eigenvalue weighted by atomic mass is 32.1. The van der Waals surface area contributed by atoms with E-state index in [1.807, 2.05) is 5.51 Å². The van der Waals surface area contributed by atoms with Crippen LogP contribution in [0.2, 0.25) is 0 Å². The second-order valence-corrected chi connectivity index (χ2v) is 5.79. The predicted molar refractivity (Wildman–Crippen MR) is 74.3 cm³/mol. The van der Waals surface area contributed by atoms with Gasteiger partial charge in [0.15, 0.2) is 0 Å². The van der Waals surface area contributed by atoms with E-state index >= 15 is 0 Å². The number of thiazole rings is 1. The van der Waals surface area contributed by atoms with Crippen LogP contribution in [0.15, 0.2) is 23.7 Å². The normalized spacial score (nSPS) is 19.1. The highest BCUT2D eigenvalue weighted by molar-refractivity contribution is 7.16. The van der Waals surface area contributed by atoms with Crippen LogP contribution in [0.25, 0.3) is 10.2 Å². The van der Waals surface area contributed by atoms with E-state index in [0.717, 1.165) is 5.52 Å². The molecule has 1 radical (unpaired) electrons. The van der Waals surface area contributed by atoms with Crippen LogP contribution in [0.3, 0.4) is 0 Å². The van der Waals surface area contributed by atoms with Crippen molar-refractivity contribution < 1.29 is 0 Å². The molecule has 3 rings (SSSR count). The van der Waals surface area contributed by atoms with E-state index in [4.69, 9.17) is 0 Å². The number of aromatic nitrogens is 1. The van der Waals surface area contributed by atoms with Gasteiger partial charge in [-0.15, -0.1) is 11.3 Å². The zero-order chi connectivity index (χ0) is 11.5. The van der Waals surface area contributed by atoms with E-state index in [0.29, 0.717) is 0 Å². The molecule has 1 aliphatic carbocycles. The lowest BCUT2D eigenvalue weighted by molar-refractivity contribution is 0.538. The Morgan fingerprint density at radius 1 is 0.941 bits per heavy atom. The summed E-state index contributed by atoms with van der Waals surface area (Å²) in [5.74, 6) is 1.67. The molecule has 1 aromatic carbocycles. The van der Waals surface area contributed by atoms with E-state index in [1.54, 1.807) is 17.3 Å².